The average molecular weight is 529 g/mol. The number of amides is 1. The quantitative estimate of drug-likeness (QED) is 0.440. The van der Waals surface area contributed by atoms with Gasteiger partial charge in [0, 0.05) is 50.9 Å². The first-order chi connectivity index (χ1) is 18.2. The minimum Gasteiger partial charge on any atom is -0.496 e. The highest BCUT2D eigenvalue weighted by atomic mass is 19.4. The summed E-state index contributed by atoms with van der Waals surface area (Å²) >= 11 is 0. The number of nitrogens with zero attached hydrogens (tertiary/aromatic N) is 4. The summed E-state index contributed by atoms with van der Waals surface area (Å²) in [6, 6.07) is 11.2. The molecule has 0 radical (unpaired) electrons. The van der Waals surface area contributed by atoms with Gasteiger partial charge < -0.3 is 19.0 Å². The van der Waals surface area contributed by atoms with E-state index in [-0.39, 0.29) is 18.5 Å². The van der Waals surface area contributed by atoms with Crippen molar-refractivity contribution >= 4 is 11.6 Å². The van der Waals surface area contributed by atoms with E-state index in [1.807, 2.05) is 23.1 Å². The lowest BCUT2D eigenvalue weighted by Crippen LogP contribution is -2.51. The molecule has 1 unspecified atom stereocenters. The fraction of sp³-hybridized carbons (Fsp3) is 0.429. The molecule has 7 nitrogen and oxygen atoms in total. The Balaban J connectivity index is 1.18. The molecule has 10 heteroatoms. The molecule has 202 valence electrons. The van der Waals surface area contributed by atoms with E-state index in [2.05, 4.69) is 14.8 Å². The van der Waals surface area contributed by atoms with Gasteiger partial charge in [-0.05, 0) is 49.2 Å². The van der Waals surface area contributed by atoms with E-state index in [0.717, 1.165) is 48.3 Å². The lowest BCUT2D eigenvalue weighted by molar-refractivity contribution is -0.137. The van der Waals surface area contributed by atoms with Crippen molar-refractivity contribution in [2.45, 2.75) is 32.0 Å². The van der Waals surface area contributed by atoms with Crippen LogP contribution in [0, 0.1) is 6.92 Å². The lowest BCUT2D eigenvalue weighted by Gasteiger charge is -2.37. The number of aryl methyl sites for hydroxylation is 1. The molecule has 0 bridgehead atoms. The number of oxazole rings is 1. The maximum Gasteiger partial charge on any atom is 0.416 e. The first-order valence-corrected chi connectivity index (χ1v) is 12.8. The normalized spacial score (nSPS) is 18.7. The van der Waals surface area contributed by atoms with Gasteiger partial charge >= 0.3 is 6.18 Å². The van der Waals surface area contributed by atoms with Crippen molar-refractivity contribution in [1.29, 1.82) is 0 Å². The van der Waals surface area contributed by atoms with E-state index in [4.69, 9.17) is 9.15 Å². The van der Waals surface area contributed by atoms with Gasteiger partial charge in [-0.15, -0.1) is 0 Å². The third kappa shape index (κ3) is 5.50. The van der Waals surface area contributed by atoms with Gasteiger partial charge in [0.05, 0.1) is 31.0 Å². The lowest BCUT2D eigenvalue weighted by atomic mass is 10.0. The summed E-state index contributed by atoms with van der Waals surface area (Å²) in [6.07, 6.45) is -0.926. The Labute approximate surface area is 219 Å². The van der Waals surface area contributed by atoms with E-state index in [1.165, 1.54) is 12.1 Å². The molecule has 2 aliphatic rings. The van der Waals surface area contributed by atoms with Crippen LogP contribution in [-0.4, -0.2) is 67.1 Å². The van der Waals surface area contributed by atoms with Crippen LogP contribution in [0.3, 0.4) is 0 Å². The Morgan fingerprint density at radius 1 is 1.08 bits per heavy atom. The molecule has 2 aromatic carbocycles. The van der Waals surface area contributed by atoms with Crippen LogP contribution in [-0.2, 0) is 11.0 Å². The van der Waals surface area contributed by atoms with Gasteiger partial charge in [-0.1, -0.05) is 12.1 Å². The third-order valence-corrected chi connectivity index (χ3v) is 7.39. The largest absolute Gasteiger partial charge is 0.496 e. The number of anilines is 1. The van der Waals surface area contributed by atoms with Crippen LogP contribution in [0.4, 0.5) is 18.9 Å². The molecule has 2 saturated heterocycles. The fourth-order valence-corrected chi connectivity index (χ4v) is 5.34. The second-order valence-electron chi connectivity index (χ2n) is 9.74. The third-order valence-electron chi connectivity index (χ3n) is 7.39. The van der Waals surface area contributed by atoms with E-state index >= 15 is 0 Å². The highest BCUT2D eigenvalue weighted by Gasteiger charge is 2.33. The Bertz CT molecular complexity index is 1270. The number of piperazine rings is 1. The molecule has 3 aromatic rings. The number of hydrogen-bond acceptors (Lipinski definition) is 6. The molecule has 5 rings (SSSR count). The van der Waals surface area contributed by atoms with Crippen molar-refractivity contribution in [2.24, 2.45) is 0 Å². The number of benzene rings is 2. The number of ether oxygens (including phenoxy) is 1. The molecule has 38 heavy (non-hydrogen) atoms. The molecule has 0 spiro atoms. The second kappa shape index (κ2) is 10.7. The molecule has 0 aliphatic carbocycles. The summed E-state index contributed by atoms with van der Waals surface area (Å²) in [5.74, 6) is 1.99. The first-order valence-electron chi connectivity index (χ1n) is 12.8. The number of aromatic nitrogens is 1. The predicted octanol–water partition coefficient (Wildman–Crippen LogP) is 5.16. The van der Waals surface area contributed by atoms with Gasteiger partial charge in [0.2, 0.25) is 5.91 Å². The summed E-state index contributed by atoms with van der Waals surface area (Å²) in [7, 11) is 1.62. The van der Waals surface area contributed by atoms with Crippen molar-refractivity contribution in [1.82, 2.24) is 14.8 Å². The van der Waals surface area contributed by atoms with Gasteiger partial charge in [-0.2, -0.15) is 13.2 Å². The van der Waals surface area contributed by atoms with Crippen molar-refractivity contribution in [3.05, 3.63) is 65.7 Å². The van der Waals surface area contributed by atoms with Crippen molar-refractivity contribution < 1.29 is 27.1 Å². The zero-order chi connectivity index (χ0) is 26.9. The Hall–Kier alpha value is -3.53. The van der Waals surface area contributed by atoms with Gasteiger partial charge in [0.1, 0.15) is 5.75 Å². The molecular weight excluding hydrogens is 497 g/mol. The Morgan fingerprint density at radius 2 is 1.82 bits per heavy atom. The topological polar surface area (TPSA) is 62.1 Å². The van der Waals surface area contributed by atoms with E-state index in [1.54, 1.807) is 20.2 Å². The van der Waals surface area contributed by atoms with Gasteiger partial charge in [0.15, 0.2) is 11.7 Å². The highest BCUT2D eigenvalue weighted by molar-refractivity contribution is 5.79. The molecule has 2 fully saturated rings. The fourth-order valence-electron chi connectivity index (χ4n) is 5.34. The standard InChI is InChI=1S/C28H31F3N4O3/c1-19-32-17-26(38-19)23-10-9-22(16-25(23)37-2)33-12-14-34(15-13-33)27(36)18-35-11-3-4-24(35)20-5-7-21(8-6-20)28(29,30)31/h5-10,16-17,24H,3-4,11-15,18H2,1-2H3. The average Bonchev–Trinajstić information content (AvgIpc) is 3.57. The minimum atomic E-state index is -4.35. The number of carbonyl (C=O) groups excluding carboxylic acids is 1. The Kier molecular flexibility index (Phi) is 7.34. The number of methoxy groups -OCH3 is 1. The molecule has 1 amide bonds. The minimum absolute atomic E-state index is 0.0401. The van der Waals surface area contributed by atoms with Gasteiger partial charge in [0.25, 0.3) is 0 Å². The number of likely N-dealkylation sites (tertiary alicyclic amines) is 1. The van der Waals surface area contributed by atoms with Crippen LogP contribution in [0.5, 0.6) is 5.75 Å². The number of carbonyl (C=O) groups is 1. The molecule has 3 heterocycles. The van der Waals surface area contributed by atoms with Crippen LogP contribution in [0.15, 0.2) is 53.1 Å². The van der Waals surface area contributed by atoms with E-state index in [0.29, 0.717) is 43.6 Å². The molecule has 0 N–H and O–H groups in total. The zero-order valence-electron chi connectivity index (χ0n) is 21.5. The SMILES string of the molecule is COc1cc(N2CCN(C(=O)CN3CCCC3c3ccc(C(F)(F)F)cc3)CC2)ccc1-c1cnc(C)o1. The first kappa shape index (κ1) is 26.1. The molecule has 2 aliphatic heterocycles. The van der Waals surface area contributed by atoms with Crippen LogP contribution in [0.1, 0.15) is 35.9 Å². The van der Waals surface area contributed by atoms with Crippen molar-refractivity contribution in [2.75, 3.05) is 51.3 Å². The zero-order valence-corrected chi connectivity index (χ0v) is 21.5. The number of rotatable bonds is 6. The molecule has 1 atom stereocenters. The monoisotopic (exact) mass is 528 g/mol. The summed E-state index contributed by atoms with van der Waals surface area (Å²) in [4.78, 5) is 23.5. The summed E-state index contributed by atoms with van der Waals surface area (Å²) in [5, 5.41) is 0. The molecule has 0 saturated carbocycles. The maximum absolute atomic E-state index is 13.1. The number of halogens is 3. The van der Waals surface area contributed by atoms with E-state index in [9.17, 15) is 18.0 Å². The van der Waals surface area contributed by atoms with Crippen molar-refractivity contribution in [3.63, 3.8) is 0 Å². The number of hydrogen-bond donors (Lipinski definition) is 0. The molecule has 1 aromatic heterocycles. The second-order valence-corrected chi connectivity index (χ2v) is 9.74. The summed E-state index contributed by atoms with van der Waals surface area (Å²) in [6.45, 7) is 5.41. The summed E-state index contributed by atoms with van der Waals surface area (Å²) in [5.41, 5.74) is 2.01. The Morgan fingerprint density at radius 3 is 2.45 bits per heavy atom. The van der Waals surface area contributed by atoms with Crippen LogP contribution >= 0.6 is 0 Å². The van der Waals surface area contributed by atoms with Crippen molar-refractivity contribution in [3.8, 4) is 17.1 Å². The molecular formula is C28H31F3N4O3. The van der Waals surface area contributed by atoms with Gasteiger partial charge in [-0.25, -0.2) is 4.98 Å². The van der Waals surface area contributed by atoms with Crippen LogP contribution in [0.2, 0.25) is 0 Å². The number of alkyl halides is 3. The van der Waals surface area contributed by atoms with E-state index < -0.39 is 11.7 Å². The van der Waals surface area contributed by atoms with Gasteiger partial charge in [-0.3, -0.25) is 9.69 Å². The van der Waals surface area contributed by atoms with Crippen LogP contribution in [0.25, 0.3) is 11.3 Å². The highest BCUT2D eigenvalue weighted by Crippen LogP contribution is 2.36. The summed E-state index contributed by atoms with van der Waals surface area (Å²) < 4.78 is 50.1. The predicted molar refractivity (Wildman–Crippen MR) is 137 cm³/mol. The maximum atomic E-state index is 13.1. The van der Waals surface area contributed by atoms with Crippen LogP contribution < -0.4 is 9.64 Å². The smallest absolute Gasteiger partial charge is 0.416 e.